The molecule has 1 unspecified atom stereocenters. The summed E-state index contributed by atoms with van der Waals surface area (Å²) in [5.74, 6) is 0.869. The van der Waals surface area contributed by atoms with Gasteiger partial charge in [-0.25, -0.2) is 4.79 Å². The van der Waals surface area contributed by atoms with Crippen molar-refractivity contribution in [1.29, 1.82) is 0 Å². The van der Waals surface area contributed by atoms with Crippen LogP contribution in [0.15, 0.2) is 48.5 Å². The van der Waals surface area contributed by atoms with Gasteiger partial charge in [-0.15, -0.1) is 0 Å². The van der Waals surface area contributed by atoms with Gasteiger partial charge in [0, 0.05) is 29.9 Å². The molecule has 1 fully saturated rings. The van der Waals surface area contributed by atoms with Crippen LogP contribution in [0.25, 0.3) is 0 Å². The van der Waals surface area contributed by atoms with E-state index in [0.717, 1.165) is 33.2 Å². The third-order valence-corrected chi connectivity index (χ3v) is 7.63. The number of carbonyl (C=O) groups is 3. The lowest BCUT2D eigenvalue weighted by Gasteiger charge is -2.32. The molecule has 36 heavy (non-hydrogen) atoms. The van der Waals surface area contributed by atoms with E-state index in [2.05, 4.69) is 16.0 Å². The average Bonchev–Trinajstić information content (AvgIpc) is 3.51. The summed E-state index contributed by atoms with van der Waals surface area (Å²) in [6, 6.07) is 15.1. The second kappa shape index (κ2) is 8.26. The van der Waals surface area contributed by atoms with E-state index in [1.54, 1.807) is 0 Å². The van der Waals surface area contributed by atoms with Gasteiger partial charge in [0.1, 0.15) is 5.54 Å². The van der Waals surface area contributed by atoms with Crippen LogP contribution < -0.4 is 14.8 Å². The summed E-state index contributed by atoms with van der Waals surface area (Å²) >= 11 is 0. The van der Waals surface area contributed by atoms with Crippen molar-refractivity contribution in [2.45, 2.75) is 45.2 Å². The largest absolute Gasteiger partial charge is 0.454 e. The Morgan fingerprint density at radius 1 is 1.03 bits per heavy atom. The lowest BCUT2D eigenvalue weighted by atomic mass is 9.78. The van der Waals surface area contributed by atoms with Crippen LogP contribution in [0, 0.1) is 13.8 Å². The van der Waals surface area contributed by atoms with Crippen LogP contribution in [0.1, 0.15) is 44.9 Å². The van der Waals surface area contributed by atoms with Crippen molar-refractivity contribution in [2.24, 2.45) is 0 Å². The van der Waals surface area contributed by atoms with Gasteiger partial charge in [0.25, 0.3) is 5.91 Å². The lowest BCUT2D eigenvalue weighted by molar-refractivity contribution is -0.131. The number of amides is 3. The van der Waals surface area contributed by atoms with E-state index in [9.17, 15) is 14.4 Å². The summed E-state index contributed by atoms with van der Waals surface area (Å²) in [7, 11) is 0. The molecule has 1 N–H and O–H groups in total. The fourth-order valence-corrected chi connectivity index (χ4v) is 5.62. The second-order valence-corrected chi connectivity index (χ2v) is 9.83. The summed E-state index contributed by atoms with van der Waals surface area (Å²) in [6.07, 6.45) is 1.69. The number of nitrogens with one attached hydrogen (secondary N) is 1. The molecule has 8 nitrogen and oxygen atoms in total. The van der Waals surface area contributed by atoms with Crippen LogP contribution in [0.2, 0.25) is 0 Å². The number of carbonyl (C=O) groups excluding carboxylic acids is 3. The van der Waals surface area contributed by atoms with E-state index >= 15 is 0 Å². The topological polar surface area (TPSA) is 89.9 Å². The maximum absolute atomic E-state index is 13.4. The predicted octanol–water partition coefficient (Wildman–Crippen LogP) is 3.54. The van der Waals surface area contributed by atoms with Gasteiger partial charge in [0.15, 0.2) is 17.3 Å². The Morgan fingerprint density at radius 2 is 1.81 bits per heavy atom. The molecular formula is C28H27N3O5. The first kappa shape index (κ1) is 22.4. The standard InChI is InChI=1S/C28H27N3O5/c1-17-11-22(18(2)30(17)14-19-7-8-24-25(12-19)36-16-35-24)23(32)15-31-26(33)28(29-27(31)34)10-9-20-5-3-4-6-21(20)13-28/h3-8,11-12H,9-10,13-16H2,1-2H3,(H,29,34). The van der Waals surface area contributed by atoms with Crippen molar-refractivity contribution in [3.63, 3.8) is 0 Å². The summed E-state index contributed by atoms with van der Waals surface area (Å²) < 4.78 is 12.9. The number of Topliss-reactive ketones (excluding diaryl/α,β-unsaturated/α-hetero) is 1. The lowest BCUT2D eigenvalue weighted by Crippen LogP contribution is -2.51. The fourth-order valence-electron chi connectivity index (χ4n) is 5.62. The summed E-state index contributed by atoms with van der Waals surface area (Å²) in [6.45, 7) is 4.34. The number of hydrogen-bond acceptors (Lipinski definition) is 5. The molecule has 0 radical (unpaired) electrons. The summed E-state index contributed by atoms with van der Waals surface area (Å²) in [5.41, 5.74) is 4.56. The van der Waals surface area contributed by atoms with Crippen LogP contribution in [-0.2, 0) is 24.2 Å². The number of nitrogens with zero attached hydrogens (tertiary/aromatic N) is 2. The van der Waals surface area contributed by atoms with E-state index < -0.39 is 11.6 Å². The van der Waals surface area contributed by atoms with E-state index in [4.69, 9.17) is 9.47 Å². The van der Waals surface area contributed by atoms with E-state index in [1.165, 1.54) is 5.56 Å². The molecular weight excluding hydrogens is 458 g/mol. The Bertz CT molecular complexity index is 1420. The molecule has 2 aliphatic heterocycles. The molecule has 0 bridgehead atoms. The third kappa shape index (κ3) is 3.56. The van der Waals surface area contributed by atoms with Crippen LogP contribution in [0.3, 0.4) is 0 Å². The molecule has 8 heteroatoms. The fraction of sp³-hybridized carbons (Fsp3) is 0.321. The Hall–Kier alpha value is -4.07. The number of aryl methyl sites for hydroxylation is 2. The molecule has 3 aromatic rings. The smallest absolute Gasteiger partial charge is 0.325 e. The highest BCUT2D eigenvalue weighted by Crippen LogP contribution is 2.35. The molecule has 1 aliphatic carbocycles. The highest BCUT2D eigenvalue weighted by Gasteiger charge is 2.52. The molecule has 184 valence electrons. The number of benzene rings is 2. The predicted molar refractivity (Wildman–Crippen MR) is 131 cm³/mol. The second-order valence-electron chi connectivity index (χ2n) is 9.83. The van der Waals surface area contributed by atoms with Gasteiger partial charge in [-0.2, -0.15) is 0 Å². The normalized spacial score (nSPS) is 20.1. The Morgan fingerprint density at radius 3 is 2.64 bits per heavy atom. The highest BCUT2D eigenvalue weighted by atomic mass is 16.7. The molecule has 0 saturated carbocycles. The number of urea groups is 1. The highest BCUT2D eigenvalue weighted by molar-refractivity contribution is 6.11. The van der Waals surface area contributed by atoms with Crippen LogP contribution >= 0.6 is 0 Å². The van der Waals surface area contributed by atoms with E-state index in [1.807, 2.05) is 56.3 Å². The van der Waals surface area contributed by atoms with Gasteiger partial charge in [0.05, 0.1) is 6.54 Å². The quantitative estimate of drug-likeness (QED) is 0.441. The molecule has 2 aromatic carbocycles. The number of hydrogen-bond donors (Lipinski definition) is 1. The first-order valence-electron chi connectivity index (χ1n) is 12.1. The third-order valence-electron chi connectivity index (χ3n) is 7.63. The number of aromatic nitrogens is 1. The first-order chi connectivity index (χ1) is 17.3. The molecule has 3 amide bonds. The van der Waals surface area contributed by atoms with Gasteiger partial charge in [-0.05, 0) is 61.6 Å². The van der Waals surface area contributed by atoms with Crippen LogP contribution in [-0.4, -0.2) is 46.1 Å². The molecule has 1 spiro atoms. The minimum Gasteiger partial charge on any atom is -0.454 e. The zero-order valence-electron chi connectivity index (χ0n) is 20.3. The van der Waals surface area contributed by atoms with Crippen LogP contribution in [0.5, 0.6) is 11.5 Å². The van der Waals surface area contributed by atoms with Crippen molar-refractivity contribution >= 4 is 17.7 Å². The van der Waals surface area contributed by atoms with E-state index in [-0.39, 0.29) is 25.0 Å². The minimum absolute atomic E-state index is 0.218. The zero-order chi connectivity index (χ0) is 25.0. The Kier molecular flexibility index (Phi) is 5.14. The van der Waals surface area contributed by atoms with Crippen LogP contribution in [0.4, 0.5) is 4.79 Å². The van der Waals surface area contributed by atoms with Gasteiger partial charge in [-0.1, -0.05) is 30.3 Å². The number of ether oxygens (including phenoxy) is 2. The SMILES string of the molecule is Cc1cc(C(=O)CN2C(=O)NC3(CCc4ccccc4C3)C2=O)c(C)n1Cc1ccc2c(c1)OCO2. The number of rotatable bonds is 5. The molecule has 1 atom stereocenters. The van der Waals surface area contributed by atoms with Crippen molar-refractivity contribution in [3.8, 4) is 11.5 Å². The van der Waals surface area contributed by atoms with Crippen molar-refractivity contribution in [2.75, 3.05) is 13.3 Å². The summed E-state index contributed by atoms with van der Waals surface area (Å²) in [4.78, 5) is 40.7. The molecule has 3 heterocycles. The zero-order valence-corrected chi connectivity index (χ0v) is 20.3. The average molecular weight is 486 g/mol. The van der Waals surface area contributed by atoms with Gasteiger partial charge in [-0.3, -0.25) is 14.5 Å². The molecule has 1 aromatic heterocycles. The Balaban J connectivity index is 1.20. The maximum atomic E-state index is 13.4. The van der Waals surface area contributed by atoms with E-state index in [0.29, 0.717) is 37.1 Å². The first-order valence-corrected chi connectivity index (χ1v) is 12.1. The summed E-state index contributed by atoms with van der Waals surface area (Å²) in [5, 5.41) is 2.91. The number of fused-ring (bicyclic) bond motifs is 2. The Labute approximate surface area is 208 Å². The van der Waals surface area contributed by atoms with Crippen molar-refractivity contribution in [1.82, 2.24) is 14.8 Å². The van der Waals surface area contributed by atoms with Gasteiger partial charge in [0.2, 0.25) is 6.79 Å². The van der Waals surface area contributed by atoms with Gasteiger partial charge < -0.3 is 19.4 Å². The van der Waals surface area contributed by atoms with Crippen molar-refractivity contribution < 1.29 is 23.9 Å². The van der Waals surface area contributed by atoms with Crippen molar-refractivity contribution in [3.05, 3.63) is 82.2 Å². The monoisotopic (exact) mass is 485 g/mol. The molecule has 3 aliphatic rings. The molecule has 6 rings (SSSR count). The number of ketones is 1. The number of imide groups is 1. The minimum atomic E-state index is -0.970. The maximum Gasteiger partial charge on any atom is 0.325 e. The molecule has 1 saturated heterocycles. The van der Waals surface area contributed by atoms with Gasteiger partial charge >= 0.3 is 6.03 Å².